The normalized spacial score (nSPS) is 27.3. The summed E-state index contributed by atoms with van der Waals surface area (Å²) in [4.78, 5) is 24.5. The number of carbonyl (C=O) groups is 1. The molecule has 0 radical (unpaired) electrons. The molecule has 23 heavy (non-hydrogen) atoms. The number of rotatable bonds is 7. The van der Waals surface area contributed by atoms with Crippen molar-refractivity contribution in [2.24, 2.45) is 0 Å². The highest BCUT2D eigenvalue weighted by Gasteiger charge is 2.46. The Kier molecular flexibility index (Phi) is 6.10. The fourth-order valence-electron chi connectivity index (χ4n) is 2.13. The molecule has 0 amide bonds. The largest absolute Gasteiger partial charge is 0.480 e. The van der Waals surface area contributed by atoms with Gasteiger partial charge in [0.15, 0.2) is 0 Å². The lowest BCUT2D eigenvalue weighted by atomic mass is 10.1. The van der Waals surface area contributed by atoms with Crippen molar-refractivity contribution in [3.8, 4) is 0 Å². The lowest BCUT2D eigenvalue weighted by molar-refractivity contribution is -0.800. The number of H-pyrrole nitrogens is 1. The number of carboxylic acids is 1. The van der Waals surface area contributed by atoms with Gasteiger partial charge >= 0.3 is 16.7 Å². The number of aromatic amines is 1. The third-order valence-corrected chi connectivity index (χ3v) is 4.16. The Bertz CT molecular complexity index is 611. The first kappa shape index (κ1) is 17.8. The van der Waals surface area contributed by atoms with E-state index in [4.69, 9.17) is 14.9 Å². The molecule has 1 aromatic heterocycles. The van der Waals surface area contributed by atoms with Crippen molar-refractivity contribution in [2.45, 2.75) is 29.7 Å². The summed E-state index contributed by atoms with van der Waals surface area (Å²) in [6.45, 7) is -0.695. The van der Waals surface area contributed by atoms with Crippen molar-refractivity contribution in [3.05, 3.63) is 22.6 Å². The van der Waals surface area contributed by atoms with Gasteiger partial charge in [-0.05, 0) is 11.8 Å². The molecule has 0 aliphatic carbocycles. The van der Waals surface area contributed by atoms with Gasteiger partial charge in [-0.15, -0.1) is 0 Å². The third kappa shape index (κ3) is 4.28. The monoisotopic (exact) mass is 348 g/mol. The number of aromatic nitrogens is 2. The minimum Gasteiger partial charge on any atom is -0.480 e. The van der Waals surface area contributed by atoms with Crippen LogP contribution in [0.4, 0.5) is 0 Å². The molecule has 6 N–H and O–H groups in total. The molecule has 1 fully saturated rings. The van der Waals surface area contributed by atoms with Gasteiger partial charge in [-0.3, -0.25) is 10.1 Å². The summed E-state index contributed by atoms with van der Waals surface area (Å²) in [6, 6.07) is 1.23. The number of thioether (sulfide) groups is 1. The number of aliphatic hydroxyl groups excluding tert-OH is 3. The molecule has 0 saturated carbocycles. The predicted molar refractivity (Wildman–Crippen MR) is 76.6 cm³/mol. The fraction of sp³-hybridized carbons (Fsp3) is 0.583. The van der Waals surface area contributed by atoms with Crippen molar-refractivity contribution >= 4 is 17.7 Å². The molecule has 2 heterocycles. The van der Waals surface area contributed by atoms with Gasteiger partial charge in [0, 0.05) is 0 Å². The van der Waals surface area contributed by atoms with Crippen LogP contribution in [0.1, 0.15) is 6.23 Å². The molecule has 1 aliphatic heterocycles. The Labute approximate surface area is 134 Å². The van der Waals surface area contributed by atoms with Crippen molar-refractivity contribution in [1.29, 1.82) is 0 Å². The second-order valence-electron chi connectivity index (χ2n) is 4.86. The SMILES string of the molecule is O=C(O)CNCSc1[nH]c(=O)cc[n+]1[C@@H]1O[C@H](CO)[C@@H](O)[C@H]1O. The summed E-state index contributed by atoms with van der Waals surface area (Å²) in [5.74, 6) is -0.815. The molecule has 1 aromatic rings. The Morgan fingerprint density at radius 1 is 1.43 bits per heavy atom. The van der Waals surface area contributed by atoms with E-state index in [2.05, 4.69) is 10.3 Å². The molecule has 4 atom stereocenters. The second-order valence-corrected chi connectivity index (χ2v) is 5.82. The van der Waals surface area contributed by atoms with Crippen LogP contribution in [0.25, 0.3) is 0 Å². The van der Waals surface area contributed by atoms with Gasteiger partial charge in [-0.25, -0.2) is 9.78 Å². The molecule has 11 heteroatoms. The van der Waals surface area contributed by atoms with Crippen LogP contribution in [-0.2, 0) is 9.53 Å². The van der Waals surface area contributed by atoms with Gasteiger partial charge in [0.05, 0.1) is 25.1 Å². The Balaban J connectivity index is 2.15. The van der Waals surface area contributed by atoms with Crippen LogP contribution >= 0.6 is 11.8 Å². The summed E-state index contributed by atoms with van der Waals surface area (Å²) in [7, 11) is 0. The molecule has 0 unspecified atom stereocenters. The minimum absolute atomic E-state index is 0.195. The van der Waals surface area contributed by atoms with Crippen LogP contribution in [0, 0.1) is 0 Å². The first-order valence-corrected chi connectivity index (χ1v) is 7.75. The standard InChI is InChI=1S/C12H17N3O7S/c16-4-6-9(20)10(21)11(22-6)15-2-1-7(17)14-12(15)23-5-13-3-8(18)19/h1-2,6,9-11,13,16,20-21H,3-5H2,(H,18,19)/p+1/t6-,9-,10-,11-/m1/s1. The van der Waals surface area contributed by atoms with Crippen molar-refractivity contribution in [1.82, 2.24) is 10.3 Å². The Morgan fingerprint density at radius 3 is 2.78 bits per heavy atom. The summed E-state index contributed by atoms with van der Waals surface area (Å²) < 4.78 is 6.82. The molecule has 0 spiro atoms. The van der Waals surface area contributed by atoms with E-state index < -0.39 is 37.1 Å². The average molecular weight is 348 g/mol. The van der Waals surface area contributed by atoms with E-state index in [0.29, 0.717) is 5.16 Å². The minimum atomic E-state index is -1.28. The van der Waals surface area contributed by atoms with E-state index in [9.17, 15) is 19.8 Å². The Hall–Kier alpha value is -1.50. The number of hydrogen-bond acceptors (Lipinski definition) is 8. The molecule has 1 saturated heterocycles. The highest BCUT2D eigenvalue weighted by atomic mass is 32.2. The molecule has 128 valence electrons. The fourth-order valence-corrected chi connectivity index (χ4v) is 2.95. The van der Waals surface area contributed by atoms with Gasteiger partial charge < -0.3 is 25.2 Å². The molecular weight excluding hydrogens is 330 g/mol. The molecule has 1 aliphatic rings. The number of carboxylic acid groups (broad SMARTS) is 1. The number of aliphatic carboxylic acids is 1. The maximum atomic E-state index is 11.5. The summed E-state index contributed by atoms with van der Waals surface area (Å²) >= 11 is 1.10. The predicted octanol–water partition coefficient (Wildman–Crippen LogP) is -3.00. The maximum Gasteiger partial charge on any atom is 0.335 e. The van der Waals surface area contributed by atoms with E-state index >= 15 is 0 Å². The van der Waals surface area contributed by atoms with Gasteiger partial charge in [0.1, 0.15) is 24.5 Å². The Morgan fingerprint density at radius 2 is 2.17 bits per heavy atom. The van der Waals surface area contributed by atoms with Crippen LogP contribution in [-0.4, -0.2) is 68.7 Å². The lowest BCUT2D eigenvalue weighted by Gasteiger charge is -2.14. The number of ether oxygens (including phenoxy) is 1. The smallest absolute Gasteiger partial charge is 0.335 e. The zero-order valence-corrected chi connectivity index (χ0v) is 12.8. The topological polar surface area (TPSA) is 156 Å². The number of nitrogens with zero attached hydrogens (tertiary/aromatic N) is 1. The van der Waals surface area contributed by atoms with E-state index in [1.165, 1.54) is 16.8 Å². The van der Waals surface area contributed by atoms with E-state index in [1.807, 2.05) is 0 Å². The van der Waals surface area contributed by atoms with Crippen molar-refractivity contribution in [3.63, 3.8) is 0 Å². The van der Waals surface area contributed by atoms with E-state index in [1.54, 1.807) is 0 Å². The van der Waals surface area contributed by atoms with Crippen LogP contribution in [0.5, 0.6) is 0 Å². The second kappa shape index (κ2) is 7.86. The van der Waals surface area contributed by atoms with E-state index in [0.717, 1.165) is 11.8 Å². The highest BCUT2D eigenvalue weighted by molar-refractivity contribution is 7.99. The lowest BCUT2D eigenvalue weighted by Crippen LogP contribution is -2.49. The quantitative estimate of drug-likeness (QED) is 0.0993. The van der Waals surface area contributed by atoms with Gasteiger partial charge in [-0.2, -0.15) is 4.57 Å². The van der Waals surface area contributed by atoms with Crippen LogP contribution in [0.2, 0.25) is 0 Å². The van der Waals surface area contributed by atoms with Crippen molar-refractivity contribution in [2.75, 3.05) is 19.0 Å². The highest BCUT2D eigenvalue weighted by Crippen LogP contribution is 2.26. The molecule has 0 bridgehead atoms. The molecule has 0 aromatic carbocycles. The summed E-state index contributed by atoms with van der Waals surface area (Å²) in [6.07, 6.45) is -3.07. The van der Waals surface area contributed by atoms with Gasteiger partial charge in [-0.1, -0.05) is 0 Å². The first-order valence-electron chi connectivity index (χ1n) is 6.76. The number of aliphatic hydroxyl groups is 3. The summed E-state index contributed by atoms with van der Waals surface area (Å²) in [5.41, 5.74) is -0.381. The van der Waals surface area contributed by atoms with Crippen LogP contribution in [0.3, 0.4) is 0 Å². The van der Waals surface area contributed by atoms with Gasteiger partial charge in [0.25, 0.3) is 0 Å². The van der Waals surface area contributed by atoms with Gasteiger partial charge in [0.2, 0.25) is 6.23 Å². The average Bonchev–Trinajstić information content (AvgIpc) is 2.79. The maximum absolute atomic E-state index is 11.5. The number of nitrogens with one attached hydrogen (secondary N) is 2. The number of hydrogen-bond donors (Lipinski definition) is 6. The van der Waals surface area contributed by atoms with Crippen LogP contribution in [0.15, 0.2) is 22.2 Å². The van der Waals surface area contributed by atoms with E-state index in [-0.39, 0.29) is 18.0 Å². The molecular formula is C12H18N3O7S+. The molecule has 10 nitrogen and oxygen atoms in total. The zero-order valence-electron chi connectivity index (χ0n) is 12.0. The third-order valence-electron chi connectivity index (χ3n) is 3.23. The van der Waals surface area contributed by atoms with Crippen LogP contribution < -0.4 is 15.4 Å². The van der Waals surface area contributed by atoms with Crippen molar-refractivity contribution < 1.29 is 34.5 Å². The molecule has 2 rings (SSSR count). The first-order chi connectivity index (χ1) is 10.9. The zero-order chi connectivity index (χ0) is 17.0. The summed E-state index contributed by atoms with van der Waals surface area (Å²) in [5, 5.41) is 40.5.